The van der Waals surface area contributed by atoms with E-state index in [0.29, 0.717) is 17.5 Å². The van der Waals surface area contributed by atoms with Gasteiger partial charge in [0.25, 0.3) is 0 Å². The summed E-state index contributed by atoms with van der Waals surface area (Å²) in [6.07, 6.45) is 0. The molecule has 266 valence electrons. The molecule has 0 aliphatic carbocycles. The van der Waals surface area contributed by atoms with Crippen molar-refractivity contribution in [2.24, 2.45) is 0 Å². The van der Waals surface area contributed by atoms with Crippen molar-refractivity contribution in [1.29, 1.82) is 0 Å². The van der Waals surface area contributed by atoms with Crippen LogP contribution in [0.2, 0.25) is 0 Å². The van der Waals surface area contributed by atoms with Crippen LogP contribution in [0.1, 0.15) is 0 Å². The summed E-state index contributed by atoms with van der Waals surface area (Å²) >= 11 is 0. The minimum Gasteiger partial charge on any atom is -0.455 e. The Morgan fingerprint density at radius 1 is 0.281 bits per heavy atom. The lowest BCUT2D eigenvalue weighted by Gasteiger charge is -2.14. The first-order valence-electron chi connectivity index (χ1n) is 19.2. The Bertz CT molecular complexity index is 3280. The van der Waals surface area contributed by atoms with E-state index in [1.165, 1.54) is 5.56 Å². The molecule has 4 heteroatoms. The van der Waals surface area contributed by atoms with Gasteiger partial charge in [-0.05, 0) is 50.7 Å². The van der Waals surface area contributed by atoms with E-state index in [1.54, 1.807) is 0 Å². The van der Waals surface area contributed by atoms with E-state index in [1.807, 2.05) is 24.3 Å². The summed E-state index contributed by atoms with van der Waals surface area (Å²) in [5.41, 5.74) is 11.3. The topological polar surface area (TPSA) is 51.8 Å². The van der Waals surface area contributed by atoms with Crippen molar-refractivity contribution in [3.63, 3.8) is 0 Å². The summed E-state index contributed by atoms with van der Waals surface area (Å²) in [7, 11) is 0. The largest absolute Gasteiger partial charge is 0.455 e. The molecule has 0 amide bonds. The summed E-state index contributed by atoms with van der Waals surface area (Å²) in [5.74, 6) is 1.84. The quantitative estimate of drug-likeness (QED) is 0.171. The maximum absolute atomic E-state index is 6.92. The van der Waals surface area contributed by atoms with Gasteiger partial charge in [-0.25, -0.2) is 15.0 Å². The number of para-hydroxylation sites is 1. The molecule has 0 aliphatic rings. The van der Waals surface area contributed by atoms with E-state index in [4.69, 9.17) is 19.4 Å². The smallest absolute Gasteiger partial charge is 0.164 e. The summed E-state index contributed by atoms with van der Waals surface area (Å²) < 4.78 is 6.92. The molecule has 0 radical (unpaired) electrons. The van der Waals surface area contributed by atoms with E-state index in [-0.39, 0.29) is 0 Å². The molecule has 0 N–H and O–H groups in total. The van der Waals surface area contributed by atoms with Gasteiger partial charge in [-0.15, -0.1) is 0 Å². The molecule has 0 unspecified atom stereocenters. The average molecular weight is 728 g/mol. The highest BCUT2D eigenvalue weighted by Gasteiger charge is 2.21. The molecule has 0 aliphatic heterocycles. The fourth-order valence-corrected chi connectivity index (χ4v) is 8.25. The van der Waals surface area contributed by atoms with Crippen LogP contribution < -0.4 is 0 Å². The van der Waals surface area contributed by atoms with Gasteiger partial charge < -0.3 is 4.42 Å². The highest BCUT2D eigenvalue weighted by Crippen LogP contribution is 2.43. The lowest BCUT2D eigenvalue weighted by atomic mass is 9.94. The molecule has 0 fully saturated rings. The highest BCUT2D eigenvalue weighted by molar-refractivity contribution is 6.20. The molecule has 0 saturated heterocycles. The second kappa shape index (κ2) is 13.6. The maximum atomic E-state index is 6.92. The van der Waals surface area contributed by atoms with Crippen molar-refractivity contribution >= 4 is 43.5 Å². The average Bonchev–Trinajstić information content (AvgIpc) is 3.68. The van der Waals surface area contributed by atoms with Crippen LogP contribution in [0, 0.1) is 0 Å². The van der Waals surface area contributed by atoms with Gasteiger partial charge in [0.1, 0.15) is 11.2 Å². The highest BCUT2D eigenvalue weighted by atomic mass is 16.3. The molecule has 0 spiro atoms. The molecule has 0 saturated carbocycles. The molecular formula is C53H33N3O. The number of rotatable bonds is 6. The van der Waals surface area contributed by atoms with Crippen molar-refractivity contribution in [3.8, 4) is 67.5 Å². The first kappa shape index (κ1) is 32.7. The van der Waals surface area contributed by atoms with Crippen LogP contribution in [0.5, 0.6) is 0 Å². The third-order valence-corrected chi connectivity index (χ3v) is 10.9. The molecule has 11 aromatic rings. The van der Waals surface area contributed by atoms with Gasteiger partial charge in [-0.1, -0.05) is 188 Å². The molecule has 0 bridgehead atoms. The predicted molar refractivity (Wildman–Crippen MR) is 235 cm³/mol. The molecule has 9 aromatic carbocycles. The Kier molecular flexibility index (Phi) is 7.78. The van der Waals surface area contributed by atoms with Crippen LogP contribution in [0.4, 0.5) is 0 Å². The Labute approximate surface area is 329 Å². The molecule has 2 aromatic heterocycles. The van der Waals surface area contributed by atoms with E-state index in [9.17, 15) is 0 Å². The minimum atomic E-state index is 0.604. The fourth-order valence-electron chi connectivity index (χ4n) is 8.25. The van der Waals surface area contributed by atoms with Gasteiger partial charge in [0.2, 0.25) is 0 Å². The number of furan rings is 1. The Morgan fingerprint density at radius 3 is 1.54 bits per heavy atom. The Hall–Kier alpha value is -7.69. The minimum absolute atomic E-state index is 0.604. The summed E-state index contributed by atoms with van der Waals surface area (Å²) in [5, 5.41) is 6.30. The number of nitrogens with zero attached hydrogens (tertiary/aromatic N) is 3. The van der Waals surface area contributed by atoms with Crippen molar-refractivity contribution < 1.29 is 4.42 Å². The molecular weight excluding hydrogens is 695 g/mol. The van der Waals surface area contributed by atoms with Crippen LogP contribution in [-0.4, -0.2) is 15.0 Å². The zero-order valence-corrected chi connectivity index (χ0v) is 30.8. The van der Waals surface area contributed by atoms with E-state index in [2.05, 4.69) is 176 Å². The van der Waals surface area contributed by atoms with E-state index < -0.39 is 0 Å². The lowest BCUT2D eigenvalue weighted by molar-refractivity contribution is 0.674. The summed E-state index contributed by atoms with van der Waals surface area (Å²) in [6, 6.07) is 69.7. The normalized spacial score (nSPS) is 11.5. The summed E-state index contributed by atoms with van der Waals surface area (Å²) in [6.45, 7) is 0. The Morgan fingerprint density at radius 2 is 0.789 bits per heavy atom. The predicted octanol–water partition coefficient (Wildman–Crippen LogP) is 14.1. The zero-order chi connectivity index (χ0) is 37.7. The third kappa shape index (κ3) is 5.66. The number of fused-ring (bicyclic) bond motifs is 6. The van der Waals surface area contributed by atoms with Crippen LogP contribution in [0.25, 0.3) is 111 Å². The number of aromatic nitrogens is 3. The van der Waals surface area contributed by atoms with Crippen molar-refractivity contribution in [1.82, 2.24) is 15.0 Å². The van der Waals surface area contributed by atoms with Gasteiger partial charge in [-0.2, -0.15) is 0 Å². The first-order valence-corrected chi connectivity index (χ1v) is 19.2. The first-order chi connectivity index (χ1) is 28.3. The fraction of sp³-hybridized carbons (Fsp3) is 0. The SMILES string of the molecule is c1ccc(-c2cccc(-c3cccc4c3oc3c5ccccc5c(-c5nc(-c6ccccc6)nc(-c6cccc7cccc(-c8ccccc8)c67)n5)cc43)c2)cc1. The van der Waals surface area contributed by atoms with Gasteiger partial charge in [-0.3, -0.25) is 0 Å². The van der Waals surface area contributed by atoms with Gasteiger partial charge in [0.15, 0.2) is 17.5 Å². The van der Waals surface area contributed by atoms with Crippen LogP contribution >= 0.6 is 0 Å². The maximum Gasteiger partial charge on any atom is 0.164 e. The van der Waals surface area contributed by atoms with Crippen molar-refractivity contribution in [3.05, 3.63) is 200 Å². The molecule has 57 heavy (non-hydrogen) atoms. The van der Waals surface area contributed by atoms with Crippen LogP contribution in [-0.2, 0) is 0 Å². The van der Waals surface area contributed by atoms with Crippen molar-refractivity contribution in [2.75, 3.05) is 0 Å². The second-order valence-corrected chi connectivity index (χ2v) is 14.3. The van der Waals surface area contributed by atoms with Crippen LogP contribution in [0.15, 0.2) is 205 Å². The summed E-state index contributed by atoms with van der Waals surface area (Å²) in [4.78, 5) is 15.8. The zero-order valence-electron chi connectivity index (χ0n) is 30.8. The van der Waals surface area contributed by atoms with E-state index in [0.717, 1.165) is 88.0 Å². The second-order valence-electron chi connectivity index (χ2n) is 14.3. The van der Waals surface area contributed by atoms with Gasteiger partial charge in [0, 0.05) is 43.8 Å². The monoisotopic (exact) mass is 727 g/mol. The van der Waals surface area contributed by atoms with Gasteiger partial charge >= 0.3 is 0 Å². The molecule has 11 rings (SSSR count). The molecule has 2 heterocycles. The standard InChI is InChI=1S/C53H33N3O/c1-4-16-34(17-5-1)38-24-12-25-39(32-38)41-29-15-30-44-46-33-47(42-26-10-11-27-43(42)50(46)57-49(41)44)53-55-51(37-20-8-3-9-21-37)54-52(56-53)45-31-14-23-36-22-13-28-40(48(36)45)35-18-6-2-7-19-35/h1-33H. The van der Waals surface area contributed by atoms with Crippen molar-refractivity contribution in [2.45, 2.75) is 0 Å². The number of benzene rings is 9. The number of hydrogen-bond donors (Lipinski definition) is 0. The molecule has 0 atom stereocenters. The molecule has 4 nitrogen and oxygen atoms in total. The van der Waals surface area contributed by atoms with Crippen LogP contribution in [0.3, 0.4) is 0 Å². The third-order valence-electron chi connectivity index (χ3n) is 10.9. The lowest BCUT2D eigenvalue weighted by Crippen LogP contribution is -2.01. The van der Waals surface area contributed by atoms with Gasteiger partial charge in [0.05, 0.1) is 0 Å². The Balaban J connectivity index is 1.16. The number of hydrogen-bond acceptors (Lipinski definition) is 4. The van der Waals surface area contributed by atoms with E-state index >= 15 is 0 Å².